The lowest BCUT2D eigenvalue weighted by Gasteiger charge is -2.15. The van der Waals surface area contributed by atoms with Gasteiger partial charge >= 0.3 is 6.18 Å². The lowest BCUT2D eigenvalue weighted by molar-refractivity contribution is -0.143. The monoisotopic (exact) mass is 533 g/mol. The Balaban J connectivity index is 1.85. The summed E-state index contributed by atoms with van der Waals surface area (Å²) in [5.41, 5.74) is -1.41. The number of nitrogens with one attached hydrogen (secondary N) is 1. The van der Waals surface area contributed by atoms with Crippen LogP contribution in [0.3, 0.4) is 0 Å². The molecule has 0 aliphatic carbocycles. The van der Waals surface area contributed by atoms with Crippen molar-refractivity contribution in [1.82, 2.24) is 0 Å². The number of amides is 1. The summed E-state index contributed by atoms with van der Waals surface area (Å²) in [5.74, 6) is -11.0. The van der Waals surface area contributed by atoms with Crippen LogP contribution < -0.4 is 5.32 Å². The minimum absolute atomic E-state index is 0.432. The van der Waals surface area contributed by atoms with Gasteiger partial charge in [-0.2, -0.15) is 13.2 Å². The molecule has 0 fully saturated rings. The number of benzene rings is 3. The first kappa shape index (κ1) is 24.8. The summed E-state index contributed by atoms with van der Waals surface area (Å²) in [6.07, 6.45) is -5.59. The number of anilines is 1. The van der Waals surface area contributed by atoms with E-state index in [-0.39, 0.29) is 0 Å². The van der Waals surface area contributed by atoms with Gasteiger partial charge in [0.25, 0.3) is 0 Å². The Morgan fingerprint density at radius 3 is 2.09 bits per heavy atom. The average molecular weight is 534 g/mol. The van der Waals surface area contributed by atoms with Crippen LogP contribution in [0.2, 0.25) is 0 Å². The molecule has 0 spiro atoms. The molecule has 174 valence electrons. The maximum atomic E-state index is 14.1. The second-order valence-corrected chi connectivity index (χ2v) is 8.11. The van der Waals surface area contributed by atoms with Crippen LogP contribution >= 0.6 is 15.9 Å². The SMILES string of the molecule is Cc1ccc(Cc2ccccc2Br)cc1CC(=O)Nc1c(F)c(F)c(C(F)(F)F)c(F)c1F. The van der Waals surface area contributed by atoms with Gasteiger partial charge in [-0.1, -0.05) is 52.3 Å². The van der Waals surface area contributed by atoms with E-state index in [0.717, 1.165) is 15.6 Å². The molecule has 3 aromatic rings. The molecule has 33 heavy (non-hydrogen) atoms. The van der Waals surface area contributed by atoms with E-state index in [4.69, 9.17) is 0 Å². The molecule has 0 radical (unpaired) electrons. The number of rotatable bonds is 5. The highest BCUT2D eigenvalue weighted by atomic mass is 79.9. The summed E-state index contributed by atoms with van der Waals surface area (Å²) in [6.45, 7) is 1.68. The summed E-state index contributed by atoms with van der Waals surface area (Å²) < 4.78 is 94.7. The van der Waals surface area contributed by atoms with Crippen LogP contribution in [0.4, 0.5) is 36.4 Å². The van der Waals surface area contributed by atoms with Crippen LogP contribution in [0.1, 0.15) is 27.8 Å². The van der Waals surface area contributed by atoms with Crippen molar-refractivity contribution < 1.29 is 35.5 Å². The molecular formula is C23H15BrF7NO. The molecule has 10 heteroatoms. The molecule has 0 atom stereocenters. The number of hydrogen-bond acceptors (Lipinski definition) is 1. The number of aryl methyl sites for hydroxylation is 1. The van der Waals surface area contributed by atoms with E-state index in [2.05, 4.69) is 15.9 Å². The zero-order chi connectivity index (χ0) is 24.5. The van der Waals surface area contributed by atoms with Gasteiger partial charge in [0, 0.05) is 4.47 Å². The zero-order valence-corrected chi connectivity index (χ0v) is 18.5. The van der Waals surface area contributed by atoms with E-state index in [1.165, 1.54) is 0 Å². The molecule has 0 saturated carbocycles. The average Bonchev–Trinajstić information content (AvgIpc) is 2.73. The van der Waals surface area contributed by atoms with Crippen LogP contribution in [0, 0.1) is 30.2 Å². The van der Waals surface area contributed by atoms with Gasteiger partial charge in [0.2, 0.25) is 5.91 Å². The Morgan fingerprint density at radius 1 is 0.909 bits per heavy atom. The van der Waals surface area contributed by atoms with Gasteiger partial charge in [-0.3, -0.25) is 4.79 Å². The van der Waals surface area contributed by atoms with Crippen molar-refractivity contribution >= 4 is 27.5 Å². The summed E-state index contributed by atoms with van der Waals surface area (Å²) in [7, 11) is 0. The van der Waals surface area contributed by atoms with Gasteiger partial charge in [-0.15, -0.1) is 0 Å². The van der Waals surface area contributed by atoms with Crippen molar-refractivity contribution in [2.75, 3.05) is 5.32 Å². The normalized spacial score (nSPS) is 11.5. The van der Waals surface area contributed by atoms with Crippen LogP contribution in [0.25, 0.3) is 0 Å². The Kier molecular flexibility index (Phi) is 7.16. The Hall–Kier alpha value is -2.88. The van der Waals surface area contributed by atoms with Crippen molar-refractivity contribution in [2.45, 2.75) is 25.9 Å². The van der Waals surface area contributed by atoms with Gasteiger partial charge in [-0.05, 0) is 41.7 Å². The van der Waals surface area contributed by atoms with Crippen LogP contribution in [0.15, 0.2) is 46.9 Å². The van der Waals surface area contributed by atoms with E-state index in [1.54, 1.807) is 24.4 Å². The number of hydrogen-bond donors (Lipinski definition) is 1. The summed E-state index contributed by atoms with van der Waals surface area (Å²) >= 11 is 3.44. The highest BCUT2D eigenvalue weighted by Gasteiger charge is 2.42. The van der Waals surface area contributed by atoms with Gasteiger partial charge in [0.15, 0.2) is 23.3 Å². The zero-order valence-electron chi connectivity index (χ0n) is 16.9. The van der Waals surface area contributed by atoms with Crippen LogP contribution in [-0.4, -0.2) is 5.91 Å². The molecule has 3 rings (SSSR count). The molecule has 0 bridgehead atoms. The predicted molar refractivity (Wildman–Crippen MR) is 112 cm³/mol. The van der Waals surface area contributed by atoms with Crippen molar-refractivity contribution in [2.24, 2.45) is 0 Å². The molecule has 0 aliphatic rings. The second-order valence-electron chi connectivity index (χ2n) is 7.26. The first-order valence-corrected chi connectivity index (χ1v) is 10.2. The van der Waals surface area contributed by atoms with Crippen molar-refractivity contribution in [1.29, 1.82) is 0 Å². The molecule has 0 aromatic heterocycles. The van der Waals surface area contributed by atoms with Gasteiger partial charge < -0.3 is 5.32 Å². The Labute approximate surface area is 192 Å². The highest BCUT2D eigenvalue weighted by Crippen LogP contribution is 2.38. The molecule has 0 saturated heterocycles. The highest BCUT2D eigenvalue weighted by molar-refractivity contribution is 9.10. The Bertz CT molecular complexity index is 1200. The Morgan fingerprint density at radius 2 is 1.52 bits per heavy atom. The van der Waals surface area contributed by atoms with Crippen LogP contribution in [-0.2, 0) is 23.8 Å². The smallest absolute Gasteiger partial charge is 0.321 e. The van der Waals surface area contributed by atoms with Crippen molar-refractivity contribution in [3.8, 4) is 0 Å². The molecule has 0 heterocycles. The van der Waals surface area contributed by atoms with E-state index < -0.39 is 53.0 Å². The van der Waals surface area contributed by atoms with Gasteiger partial charge in [-0.25, -0.2) is 17.6 Å². The van der Waals surface area contributed by atoms with E-state index in [9.17, 15) is 35.5 Å². The lowest BCUT2D eigenvalue weighted by atomic mass is 9.98. The maximum Gasteiger partial charge on any atom is 0.422 e. The molecule has 1 amide bonds. The molecule has 2 nitrogen and oxygen atoms in total. The predicted octanol–water partition coefficient (Wildman–Crippen LogP) is 7.10. The van der Waals surface area contributed by atoms with Crippen molar-refractivity contribution in [3.63, 3.8) is 0 Å². The number of alkyl halides is 3. The summed E-state index contributed by atoms with van der Waals surface area (Å²) in [4.78, 5) is 12.3. The number of carbonyl (C=O) groups is 1. The van der Waals surface area contributed by atoms with E-state index in [1.807, 2.05) is 30.3 Å². The standard InChI is InChI=1S/C23H15BrF7NO/c1-11-6-7-12(8-13-4-2-3-5-15(13)24)9-14(11)10-16(33)32-22-20(27)18(25)17(23(29,30)31)19(26)21(22)28/h2-7,9H,8,10H2,1H3,(H,32,33). The molecule has 1 N–H and O–H groups in total. The van der Waals surface area contributed by atoms with Gasteiger partial charge in [0.05, 0.1) is 6.42 Å². The largest absolute Gasteiger partial charge is 0.422 e. The lowest BCUT2D eigenvalue weighted by Crippen LogP contribution is -2.21. The first-order chi connectivity index (χ1) is 15.4. The first-order valence-electron chi connectivity index (χ1n) is 9.45. The molecule has 3 aromatic carbocycles. The fourth-order valence-electron chi connectivity index (χ4n) is 3.23. The summed E-state index contributed by atoms with van der Waals surface area (Å²) in [6, 6.07) is 12.7. The third kappa shape index (κ3) is 5.38. The maximum absolute atomic E-state index is 14.1. The number of carbonyl (C=O) groups excluding carboxylic acids is 1. The van der Waals surface area contributed by atoms with E-state index in [0.29, 0.717) is 17.5 Å². The molecule has 0 aliphatic heterocycles. The quantitative estimate of drug-likeness (QED) is 0.275. The second kappa shape index (κ2) is 9.54. The summed E-state index contributed by atoms with van der Waals surface area (Å²) in [5, 5.41) is 1.65. The van der Waals surface area contributed by atoms with Crippen LogP contribution in [0.5, 0.6) is 0 Å². The fraction of sp³-hybridized carbons (Fsp3) is 0.174. The van der Waals surface area contributed by atoms with Crippen molar-refractivity contribution in [3.05, 3.63) is 98.0 Å². The topological polar surface area (TPSA) is 29.1 Å². The number of halogens is 8. The van der Waals surface area contributed by atoms with Gasteiger partial charge in [0.1, 0.15) is 11.3 Å². The molecular weight excluding hydrogens is 519 g/mol. The van der Waals surface area contributed by atoms with E-state index >= 15 is 0 Å². The fourth-order valence-corrected chi connectivity index (χ4v) is 3.66. The minimum atomic E-state index is -5.66. The third-order valence-corrected chi connectivity index (χ3v) is 5.70. The minimum Gasteiger partial charge on any atom is -0.321 e. The third-order valence-electron chi connectivity index (χ3n) is 4.93. The molecule has 0 unspecified atom stereocenters.